The maximum atomic E-state index is 13.1. The average Bonchev–Trinajstić information content (AvgIpc) is 2.31. The van der Waals surface area contributed by atoms with E-state index < -0.39 is 23.8 Å². The molecule has 17 heavy (non-hydrogen) atoms. The molecule has 2 N–H and O–H groups in total. The quantitative estimate of drug-likeness (QED) is 0.802. The molecule has 0 saturated heterocycles. The van der Waals surface area contributed by atoms with Crippen LogP contribution in [0.1, 0.15) is 18.1 Å². The van der Waals surface area contributed by atoms with Crippen molar-refractivity contribution in [2.24, 2.45) is 0 Å². The lowest BCUT2D eigenvalue weighted by molar-refractivity contribution is 0.0154. The zero-order valence-electron chi connectivity index (χ0n) is 9.16. The number of ether oxygens (including phenoxy) is 1. The first-order valence-electron chi connectivity index (χ1n) is 4.96. The van der Waals surface area contributed by atoms with Crippen LogP contribution in [0.4, 0.5) is 8.78 Å². The van der Waals surface area contributed by atoms with Crippen molar-refractivity contribution in [2.45, 2.75) is 18.6 Å². The van der Waals surface area contributed by atoms with Crippen LogP contribution in [0.5, 0.6) is 5.75 Å². The van der Waals surface area contributed by atoms with E-state index in [1.807, 2.05) is 0 Å². The highest BCUT2D eigenvalue weighted by Gasteiger charge is 2.23. The molecule has 0 spiro atoms. The zero-order valence-corrected chi connectivity index (χ0v) is 9.92. The molecular formula is C11H13ClF2O3. The number of alkyl halides is 1. The van der Waals surface area contributed by atoms with E-state index in [2.05, 4.69) is 0 Å². The molecule has 0 aliphatic rings. The summed E-state index contributed by atoms with van der Waals surface area (Å²) in [5.74, 6) is -2.07. The molecule has 0 radical (unpaired) electrons. The van der Waals surface area contributed by atoms with Gasteiger partial charge in [-0.2, -0.15) is 0 Å². The van der Waals surface area contributed by atoms with Crippen molar-refractivity contribution in [1.82, 2.24) is 0 Å². The maximum Gasteiger partial charge on any atom is 0.162 e. The molecular weight excluding hydrogens is 254 g/mol. The molecule has 1 aromatic carbocycles. The van der Waals surface area contributed by atoms with Gasteiger partial charge in [0.1, 0.15) is 11.9 Å². The number of aliphatic hydroxyl groups excluding tert-OH is 2. The first-order chi connectivity index (χ1) is 8.01. The summed E-state index contributed by atoms with van der Waals surface area (Å²) in [6.07, 6.45) is -2.41. The van der Waals surface area contributed by atoms with Crippen LogP contribution < -0.4 is 4.74 Å². The second kappa shape index (κ2) is 6.14. The Labute approximate surface area is 103 Å². The van der Waals surface area contributed by atoms with Gasteiger partial charge in [0.25, 0.3) is 0 Å². The fraction of sp³-hybridized carbons (Fsp3) is 0.455. The van der Waals surface area contributed by atoms with Crippen molar-refractivity contribution >= 4 is 11.6 Å². The molecule has 96 valence electrons. The number of benzene rings is 1. The predicted octanol–water partition coefficient (Wildman–Crippen LogP) is 2.00. The van der Waals surface area contributed by atoms with Gasteiger partial charge in [0.2, 0.25) is 0 Å². The van der Waals surface area contributed by atoms with Gasteiger partial charge >= 0.3 is 0 Å². The third-order valence-corrected chi connectivity index (χ3v) is 2.58. The first kappa shape index (κ1) is 14.2. The van der Waals surface area contributed by atoms with E-state index in [4.69, 9.17) is 16.3 Å². The van der Waals surface area contributed by atoms with E-state index in [1.54, 1.807) is 0 Å². The second-order valence-corrected chi connectivity index (χ2v) is 3.88. The summed E-state index contributed by atoms with van der Waals surface area (Å²) < 4.78 is 30.8. The normalized spacial score (nSPS) is 14.5. The number of rotatable bonds is 5. The molecule has 0 amide bonds. The van der Waals surface area contributed by atoms with Crippen molar-refractivity contribution in [3.63, 3.8) is 0 Å². The lowest BCUT2D eigenvalue weighted by atomic mass is 10.0. The minimum absolute atomic E-state index is 0.0102. The van der Waals surface area contributed by atoms with Gasteiger partial charge in [-0.15, -0.1) is 11.6 Å². The molecule has 0 aromatic heterocycles. The van der Waals surface area contributed by atoms with Gasteiger partial charge in [0, 0.05) is 17.5 Å². The fourth-order valence-electron chi connectivity index (χ4n) is 1.43. The predicted molar refractivity (Wildman–Crippen MR) is 59.2 cm³/mol. The molecule has 1 aromatic rings. The Bertz CT molecular complexity index is 387. The van der Waals surface area contributed by atoms with Gasteiger partial charge < -0.3 is 14.9 Å². The van der Waals surface area contributed by atoms with Gasteiger partial charge in [-0.3, -0.25) is 0 Å². The first-order valence-corrected chi connectivity index (χ1v) is 5.49. The molecule has 0 heterocycles. The lowest BCUT2D eigenvalue weighted by Crippen LogP contribution is -2.19. The summed E-state index contributed by atoms with van der Waals surface area (Å²) in [6, 6.07) is 1.62. The third kappa shape index (κ3) is 3.28. The number of hydrogen-bond acceptors (Lipinski definition) is 3. The van der Waals surface area contributed by atoms with Crippen molar-refractivity contribution in [3.05, 3.63) is 29.3 Å². The van der Waals surface area contributed by atoms with Crippen LogP contribution in [-0.2, 0) is 0 Å². The van der Waals surface area contributed by atoms with Gasteiger partial charge in [0.05, 0.1) is 13.2 Å². The van der Waals surface area contributed by atoms with Crippen LogP contribution >= 0.6 is 11.6 Å². The van der Waals surface area contributed by atoms with Crippen LogP contribution in [0.15, 0.2) is 12.1 Å². The van der Waals surface area contributed by atoms with E-state index in [-0.39, 0.29) is 23.6 Å². The zero-order chi connectivity index (χ0) is 13.0. The van der Waals surface area contributed by atoms with Crippen LogP contribution in [0.3, 0.4) is 0 Å². The lowest BCUT2D eigenvalue weighted by Gasteiger charge is -2.19. The summed E-state index contributed by atoms with van der Waals surface area (Å²) in [6.45, 7) is 0. The molecule has 2 unspecified atom stereocenters. The Balaban J connectivity index is 3.07. The Morgan fingerprint density at radius 1 is 1.29 bits per heavy atom. The Kier molecular flexibility index (Phi) is 5.11. The van der Waals surface area contributed by atoms with Crippen LogP contribution in [0.25, 0.3) is 0 Å². The molecule has 0 aliphatic carbocycles. The monoisotopic (exact) mass is 266 g/mol. The molecule has 0 bridgehead atoms. The minimum Gasteiger partial charge on any atom is -0.496 e. The van der Waals surface area contributed by atoms with E-state index in [1.165, 1.54) is 7.11 Å². The van der Waals surface area contributed by atoms with Crippen LogP contribution in [0, 0.1) is 11.6 Å². The summed E-state index contributed by atoms with van der Waals surface area (Å²) >= 11 is 5.42. The van der Waals surface area contributed by atoms with E-state index in [0.29, 0.717) is 0 Å². The third-order valence-electron chi connectivity index (χ3n) is 2.36. The Hall–Kier alpha value is -0.910. The Morgan fingerprint density at radius 3 is 2.41 bits per heavy atom. The molecule has 2 atom stereocenters. The minimum atomic E-state index is -1.38. The SMILES string of the molecule is COc1cc(F)c(F)cc1C(O)C(O)CCCl. The van der Waals surface area contributed by atoms with Crippen molar-refractivity contribution in [1.29, 1.82) is 0 Å². The fourth-order valence-corrected chi connectivity index (χ4v) is 1.65. The summed E-state index contributed by atoms with van der Waals surface area (Å²) in [4.78, 5) is 0. The summed E-state index contributed by atoms with van der Waals surface area (Å²) in [5.41, 5.74) is -0.0102. The largest absolute Gasteiger partial charge is 0.496 e. The molecule has 0 fully saturated rings. The average molecular weight is 267 g/mol. The highest BCUT2D eigenvalue weighted by molar-refractivity contribution is 6.17. The Morgan fingerprint density at radius 2 is 1.88 bits per heavy atom. The topological polar surface area (TPSA) is 49.7 Å². The summed E-state index contributed by atoms with van der Waals surface area (Å²) in [7, 11) is 1.26. The van der Waals surface area contributed by atoms with Crippen molar-refractivity contribution in [2.75, 3.05) is 13.0 Å². The molecule has 3 nitrogen and oxygen atoms in total. The molecule has 6 heteroatoms. The number of aliphatic hydroxyl groups is 2. The smallest absolute Gasteiger partial charge is 0.162 e. The molecule has 0 saturated carbocycles. The van der Waals surface area contributed by atoms with E-state index in [0.717, 1.165) is 12.1 Å². The van der Waals surface area contributed by atoms with E-state index in [9.17, 15) is 19.0 Å². The van der Waals surface area contributed by atoms with Crippen LogP contribution in [0.2, 0.25) is 0 Å². The number of methoxy groups -OCH3 is 1. The number of hydrogen-bond donors (Lipinski definition) is 2. The van der Waals surface area contributed by atoms with Gasteiger partial charge in [-0.05, 0) is 12.5 Å². The van der Waals surface area contributed by atoms with Gasteiger partial charge in [-0.25, -0.2) is 8.78 Å². The van der Waals surface area contributed by atoms with Crippen molar-refractivity contribution in [3.8, 4) is 5.75 Å². The van der Waals surface area contributed by atoms with Crippen LogP contribution in [-0.4, -0.2) is 29.3 Å². The standard InChI is InChI=1S/C11H13ClF2O3/c1-17-10-5-8(14)7(13)4-6(10)11(16)9(15)2-3-12/h4-5,9,11,15-16H,2-3H2,1H3. The summed E-state index contributed by atoms with van der Waals surface area (Å²) in [5, 5.41) is 19.3. The number of halogens is 3. The maximum absolute atomic E-state index is 13.1. The van der Waals surface area contributed by atoms with Gasteiger partial charge in [-0.1, -0.05) is 0 Å². The second-order valence-electron chi connectivity index (χ2n) is 3.50. The van der Waals surface area contributed by atoms with Crippen molar-refractivity contribution < 1.29 is 23.7 Å². The highest BCUT2D eigenvalue weighted by atomic mass is 35.5. The highest BCUT2D eigenvalue weighted by Crippen LogP contribution is 2.30. The van der Waals surface area contributed by atoms with E-state index >= 15 is 0 Å². The molecule has 0 aliphatic heterocycles. The molecule has 1 rings (SSSR count). The van der Waals surface area contributed by atoms with Gasteiger partial charge in [0.15, 0.2) is 11.6 Å².